The molecule has 0 radical (unpaired) electrons. The van der Waals surface area contributed by atoms with Gasteiger partial charge < -0.3 is 10.0 Å². The van der Waals surface area contributed by atoms with Crippen molar-refractivity contribution in [3.63, 3.8) is 0 Å². The second-order valence-corrected chi connectivity index (χ2v) is 6.84. The van der Waals surface area contributed by atoms with Gasteiger partial charge in [0, 0.05) is 13.1 Å². The van der Waals surface area contributed by atoms with Gasteiger partial charge in [0.15, 0.2) is 0 Å². The molecule has 0 aromatic carbocycles. The van der Waals surface area contributed by atoms with Crippen LogP contribution in [0.25, 0.3) is 0 Å². The summed E-state index contributed by atoms with van der Waals surface area (Å²) in [6.45, 7) is 6.35. The van der Waals surface area contributed by atoms with Gasteiger partial charge in [0.25, 0.3) is 0 Å². The predicted molar refractivity (Wildman–Crippen MR) is 73.2 cm³/mol. The number of hydrogen-bond acceptors (Lipinski definition) is 3. The molecule has 3 heteroatoms. The van der Waals surface area contributed by atoms with E-state index in [9.17, 15) is 5.11 Å². The van der Waals surface area contributed by atoms with Crippen molar-refractivity contribution in [3.05, 3.63) is 22.4 Å². The molecule has 1 saturated carbocycles. The minimum Gasteiger partial charge on any atom is -0.392 e. The molecule has 0 amide bonds. The van der Waals surface area contributed by atoms with Crippen molar-refractivity contribution in [3.8, 4) is 0 Å². The SMILES string of the molecule is CN(Cc1ccsc1)CC1CCC(C)(C)C1O. The Hall–Kier alpha value is -0.380. The minimum atomic E-state index is -0.146. The van der Waals surface area contributed by atoms with E-state index in [1.165, 1.54) is 5.56 Å². The minimum absolute atomic E-state index is 0.105. The summed E-state index contributed by atoms with van der Waals surface area (Å²) < 4.78 is 0. The summed E-state index contributed by atoms with van der Waals surface area (Å²) in [5.41, 5.74) is 1.48. The third-order valence-corrected chi connectivity index (χ3v) is 4.72. The van der Waals surface area contributed by atoms with E-state index in [0.717, 1.165) is 25.9 Å². The van der Waals surface area contributed by atoms with Crippen LogP contribution in [0.4, 0.5) is 0 Å². The largest absolute Gasteiger partial charge is 0.392 e. The van der Waals surface area contributed by atoms with Gasteiger partial charge in [-0.3, -0.25) is 0 Å². The van der Waals surface area contributed by atoms with E-state index in [4.69, 9.17) is 0 Å². The summed E-state index contributed by atoms with van der Waals surface area (Å²) in [5, 5.41) is 14.6. The van der Waals surface area contributed by atoms with Gasteiger partial charge in [-0.1, -0.05) is 13.8 Å². The lowest BCUT2D eigenvalue weighted by Gasteiger charge is -2.28. The van der Waals surface area contributed by atoms with Gasteiger partial charge in [-0.2, -0.15) is 11.3 Å². The second kappa shape index (κ2) is 5.09. The monoisotopic (exact) mass is 253 g/mol. The van der Waals surface area contributed by atoms with Crippen LogP contribution in [-0.2, 0) is 6.54 Å². The van der Waals surface area contributed by atoms with E-state index < -0.39 is 0 Å². The van der Waals surface area contributed by atoms with Crippen molar-refractivity contribution in [2.75, 3.05) is 13.6 Å². The molecule has 1 aromatic rings. The van der Waals surface area contributed by atoms with Gasteiger partial charge in [0.2, 0.25) is 0 Å². The lowest BCUT2D eigenvalue weighted by molar-refractivity contribution is 0.0348. The Bertz CT molecular complexity index is 347. The van der Waals surface area contributed by atoms with E-state index >= 15 is 0 Å². The third-order valence-electron chi connectivity index (χ3n) is 3.99. The van der Waals surface area contributed by atoms with Gasteiger partial charge in [-0.15, -0.1) is 0 Å². The fraction of sp³-hybridized carbons (Fsp3) is 0.714. The summed E-state index contributed by atoms with van der Waals surface area (Å²) in [7, 11) is 2.15. The Balaban J connectivity index is 1.85. The van der Waals surface area contributed by atoms with Gasteiger partial charge in [0.05, 0.1) is 6.10 Å². The molecule has 17 heavy (non-hydrogen) atoms. The highest BCUT2D eigenvalue weighted by atomic mass is 32.1. The van der Waals surface area contributed by atoms with E-state index in [2.05, 4.69) is 42.6 Å². The Kier molecular flexibility index (Phi) is 3.91. The highest BCUT2D eigenvalue weighted by Crippen LogP contribution is 2.41. The van der Waals surface area contributed by atoms with Crippen molar-refractivity contribution in [2.45, 2.75) is 39.3 Å². The standard InChI is InChI=1S/C14H23NOS/c1-14(2)6-4-12(13(14)16)9-15(3)8-11-5-7-17-10-11/h5,7,10,12-13,16H,4,6,8-9H2,1-3H3. The highest BCUT2D eigenvalue weighted by Gasteiger charge is 2.40. The van der Waals surface area contributed by atoms with Crippen molar-refractivity contribution >= 4 is 11.3 Å². The van der Waals surface area contributed by atoms with Crippen molar-refractivity contribution < 1.29 is 5.11 Å². The van der Waals surface area contributed by atoms with Crippen LogP contribution in [0.5, 0.6) is 0 Å². The van der Waals surface area contributed by atoms with Crippen molar-refractivity contribution in [1.82, 2.24) is 4.90 Å². The second-order valence-electron chi connectivity index (χ2n) is 6.06. The number of aliphatic hydroxyl groups excluding tert-OH is 1. The fourth-order valence-corrected chi connectivity index (χ4v) is 3.51. The molecule has 2 nitrogen and oxygen atoms in total. The number of nitrogens with zero attached hydrogens (tertiary/aromatic N) is 1. The maximum atomic E-state index is 10.3. The number of thiophene rings is 1. The van der Waals surface area contributed by atoms with Gasteiger partial charge in [-0.25, -0.2) is 0 Å². The Morgan fingerprint density at radius 1 is 1.53 bits per heavy atom. The summed E-state index contributed by atoms with van der Waals surface area (Å²) in [6, 6.07) is 2.18. The Labute approximate surface area is 108 Å². The molecule has 1 aliphatic carbocycles. The Morgan fingerprint density at radius 2 is 2.29 bits per heavy atom. The van der Waals surface area contributed by atoms with Crippen LogP contribution in [0.15, 0.2) is 16.8 Å². The lowest BCUT2D eigenvalue weighted by Crippen LogP contribution is -2.34. The molecule has 0 bridgehead atoms. The Morgan fingerprint density at radius 3 is 2.82 bits per heavy atom. The smallest absolute Gasteiger partial charge is 0.0631 e. The number of hydrogen-bond donors (Lipinski definition) is 1. The fourth-order valence-electron chi connectivity index (χ4n) is 2.85. The van der Waals surface area contributed by atoms with E-state index in [1.54, 1.807) is 11.3 Å². The van der Waals surface area contributed by atoms with Crippen LogP contribution in [-0.4, -0.2) is 29.7 Å². The maximum absolute atomic E-state index is 10.3. The first-order chi connectivity index (χ1) is 7.99. The van der Waals surface area contributed by atoms with Crippen LogP contribution in [0.3, 0.4) is 0 Å². The molecule has 2 unspecified atom stereocenters. The molecule has 2 rings (SSSR count). The molecule has 1 aliphatic rings. The first-order valence-electron chi connectivity index (χ1n) is 6.37. The lowest BCUT2D eigenvalue weighted by atomic mass is 9.87. The normalized spacial score (nSPS) is 27.8. The summed E-state index contributed by atoms with van der Waals surface area (Å²) in [5.74, 6) is 0.439. The van der Waals surface area contributed by atoms with Gasteiger partial charge in [0.1, 0.15) is 0 Å². The first-order valence-corrected chi connectivity index (χ1v) is 7.31. The topological polar surface area (TPSA) is 23.5 Å². The van der Waals surface area contributed by atoms with Crippen LogP contribution < -0.4 is 0 Å². The number of aliphatic hydroxyl groups is 1. The van der Waals surface area contributed by atoms with Crippen LogP contribution >= 0.6 is 11.3 Å². The third kappa shape index (κ3) is 3.09. The molecule has 0 aliphatic heterocycles. The molecule has 0 saturated heterocycles. The summed E-state index contributed by atoms with van der Waals surface area (Å²) >= 11 is 1.75. The van der Waals surface area contributed by atoms with Crippen molar-refractivity contribution in [2.24, 2.45) is 11.3 Å². The molecule has 2 atom stereocenters. The van der Waals surface area contributed by atoms with E-state index in [1.807, 2.05) is 0 Å². The first kappa shape index (κ1) is 13.1. The van der Waals surface area contributed by atoms with Gasteiger partial charge in [-0.05, 0) is 53.6 Å². The summed E-state index contributed by atoms with van der Waals surface area (Å²) in [6.07, 6.45) is 2.15. The highest BCUT2D eigenvalue weighted by molar-refractivity contribution is 7.07. The average Bonchev–Trinajstić information content (AvgIpc) is 2.82. The molecule has 1 N–H and O–H groups in total. The molecule has 1 fully saturated rings. The molecule has 96 valence electrons. The van der Waals surface area contributed by atoms with Crippen LogP contribution in [0, 0.1) is 11.3 Å². The molecule has 1 aromatic heterocycles. The maximum Gasteiger partial charge on any atom is 0.0631 e. The molecular weight excluding hydrogens is 230 g/mol. The zero-order valence-corrected chi connectivity index (χ0v) is 11.8. The van der Waals surface area contributed by atoms with E-state index in [-0.39, 0.29) is 11.5 Å². The number of rotatable bonds is 4. The average molecular weight is 253 g/mol. The van der Waals surface area contributed by atoms with Crippen LogP contribution in [0.2, 0.25) is 0 Å². The van der Waals surface area contributed by atoms with Crippen molar-refractivity contribution in [1.29, 1.82) is 0 Å². The molecule has 0 spiro atoms. The van der Waals surface area contributed by atoms with Gasteiger partial charge >= 0.3 is 0 Å². The van der Waals surface area contributed by atoms with Crippen LogP contribution in [0.1, 0.15) is 32.3 Å². The van der Waals surface area contributed by atoms with E-state index in [0.29, 0.717) is 5.92 Å². The molecule has 1 heterocycles. The summed E-state index contributed by atoms with van der Waals surface area (Å²) in [4.78, 5) is 2.33. The zero-order valence-electron chi connectivity index (χ0n) is 11.0. The predicted octanol–water partition coefficient (Wildman–Crippen LogP) is 2.98. The zero-order chi connectivity index (χ0) is 12.5. The molecular formula is C14H23NOS. The quantitative estimate of drug-likeness (QED) is 0.891.